The molecule has 0 bridgehead atoms. The standard InChI is InChI=1S/C15H14F4N2/c16-11-3-1-2-10(8-11)6-7-21-12-4-5-14(20)13(9-12)15(17,18)19/h1-5,8-9,21H,6-7,20H2. The lowest BCUT2D eigenvalue weighted by molar-refractivity contribution is -0.136. The number of nitrogens with one attached hydrogen (secondary N) is 1. The molecule has 0 aliphatic heterocycles. The van der Waals surface area contributed by atoms with Gasteiger partial charge in [0.15, 0.2) is 0 Å². The molecule has 0 atom stereocenters. The maximum Gasteiger partial charge on any atom is 0.418 e. The first-order valence-electron chi connectivity index (χ1n) is 6.31. The summed E-state index contributed by atoms with van der Waals surface area (Å²) in [6, 6.07) is 9.76. The molecule has 0 amide bonds. The van der Waals surface area contributed by atoms with Gasteiger partial charge in [0.05, 0.1) is 5.56 Å². The zero-order chi connectivity index (χ0) is 15.5. The van der Waals surface area contributed by atoms with Crippen molar-refractivity contribution in [2.24, 2.45) is 0 Å². The van der Waals surface area contributed by atoms with Crippen molar-refractivity contribution < 1.29 is 17.6 Å². The van der Waals surface area contributed by atoms with Crippen molar-refractivity contribution in [1.82, 2.24) is 0 Å². The Morgan fingerprint density at radius 3 is 2.48 bits per heavy atom. The van der Waals surface area contributed by atoms with Crippen molar-refractivity contribution in [1.29, 1.82) is 0 Å². The van der Waals surface area contributed by atoms with Crippen molar-refractivity contribution in [3.05, 3.63) is 59.4 Å². The fourth-order valence-corrected chi connectivity index (χ4v) is 1.96. The number of hydrogen-bond acceptors (Lipinski definition) is 2. The van der Waals surface area contributed by atoms with Crippen LogP contribution < -0.4 is 11.1 Å². The summed E-state index contributed by atoms with van der Waals surface area (Å²) >= 11 is 0. The highest BCUT2D eigenvalue weighted by Crippen LogP contribution is 2.35. The topological polar surface area (TPSA) is 38.0 Å². The van der Waals surface area contributed by atoms with E-state index >= 15 is 0 Å². The predicted molar refractivity (Wildman–Crippen MR) is 74.5 cm³/mol. The minimum atomic E-state index is -4.48. The monoisotopic (exact) mass is 298 g/mol. The molecular weight excluding hydrogens is 284 g/mol. The summed E-state index contributed by atoms with van der Waals surface area (Å²) in [7, 11) is 0. The number of alkyl halides is 3. The minimum absolute atomic E-state index is 0.307. The number of rotatable bonds is 4. The molecule has 0 aliphatic carbocycles. The third-order valence-corrected chi connectivity index (χ3v) is 2.99. The van der Waals surface area contributed by atoms with Gasteiger partial charge in [-0.1, -0.05) is 12.1 Å². The van der Waals surface area contributed by atoms with Gasteiger partial charge in [0, 0.05) is 17.9 Å². The lowest BCUT2D eigenvalue weighted by Gasteiger charge is -2.13. The number of benzene rings is 2. The maximum atomic E-state index is 13.0. The molecular formula is C15H14F4N2. The Bertz CT molecular complexity index is 623. The van der Waals surface area contributed by atoms with Crippen LogP contribution in [-0.4, -0.2) is 6.54 Å². The molecule has 3 N–H and O–H groups in total. The van der Waals surface area contributed by atoms with Gasteiger partial charge in [-0.15, -0.1) is 0 Å². The first-order valence-corrected chi connectivity index (χ1v) is 6.31. The Balaban J connectivity index is 2.01. The normalized spacial score (nSPS) is 11.4. The molecule has 0 fully saturated rings. The van der Waals surface area contributed by atoms with E-state index in [0.717, 1.165) is 11.6 Å². The molecule has 0 aliphatic rings. The van der Waals surface area contributed by atoms with Crippen molar-refractivity contribution in [3.8, 4) is 0 Å². The molecule has 2 aromatic rings. The molecule has 6 heteroatoms. The molecule has 0 spiro atoms. The summed E-state index contributed by atoms with van der Waals surface area (Å²) < 4.78 is 51.1. The fourth-order valence-electron chi connectivity index (χ4n) is 1.96. The van der Waals surface area contributed by atoms with Gasteiger partial charge in [0.25, 0.3) is 0 Å². The molecule has 0 aromatic heterocycles. The number of hydrogen-bond donors (Lipinski definition) is 2. The highest BCUT2D eigenvalue weighted by Gasteiger charge is 2.33. The van der Waals surface area contributed by atoms with Crippen LogP contribution >= 0.6 is 0 Å². The van der Waals surface area contributed by atoms with Crippen LogP contribution in [0.4, 0.5) is 28.9 Å². The van der Waals surface area contributed by atoms with Crippen LogP contribution in [0.5, 0.6) is 0 Å². The molecule has 2 nitrogen and oxygen atoms in total. The first-order chi connectivity index (χ1) is 9.86. The van der Waals surface area contributed by atoms with E-state index < -0.39 is 11.7 Å². The van der Waals surface area contributed by atoms with Crippen LogP contribution in [0.1, 0.15) is 11.1 Å². The van der Waals surface area contributed by atoms with Gasteiger partial charge in [-0.2, -0.15) is 13.2 Å². The van der Waals surface area contributed by atoms with Crippen LogP contribution in [0.15, 0.2) is 42.5 Å². The largest absolute Gasteiger partial charge is 0.418 e. The van der Waals surface area contributed by atoms with Crippen LogP contribution in [0.3, 0.4) is 0 Å². The van der Waals surface area contributed by atoms with Crippen LogP contribution in [-0.2, 0) is 12.6 Å². The first kappa shape index (κ1) is 15.2. The lowest BCUT2D eigenvalue weighted by Crippen LogP contribution is -2.11. The lowest BCUT2D eigenvalue weighted by atomic mass is 10.1. The van der Waals surface area contributed by atoms with Gasteiger partial charge < -0.3 is 11.1 Å². The number of nitrogens with two attached hydrogens (primary N) is 1. The Labute approximate surface area is 119 Å². The maximum absolute atomic E-state index is 13.0. The van der Waals surface area contributed by atoms with Crippen molar-refractivity contribution in [3.63, 3.8) is 0 Å². The summed E-state index contributed by atoms with van der Waals surface area (Å²) in [5.41, 5.74) is 5.25. The van der Waals surface area contributed by atoms with E-state index in [1.54, 1.807) is 12.1 Å². The second kappa shape index (κ2) is 6.03. The summed E-state index contributed by atoms with van der Waals surface area (Å²) in [5.74, 6) is -0.334. The van der Waals surface area contributed by atoms with E-state index in [0.29, 0.717) is 18.7 Å². The second-order valence-corrected chi connectivity index (χ2v) is 4.61. The third kappa shape index (κ3) is 4.11. The zero-order valence-electron chi connectivity index (χ0n) is 11.0. The number of halogens is 4. The number of nitrogen functional groups attached to an aromatic ring is 1. The molecule has 0 saturated carbocycles. The quantitative estimate of drug-likeness (QED) is 0.659. The molecule has 2 rings (SSSR count). The summed E-state index contributed by atoms with van der Waals surface area (Å²) in [4.78, 5) is 0. The Morgan fingerprint density at radius 1 is 1.05 bits per heavy atom. The highest BCUT2D eigenvalue weighted by molar-refractivity contribution is 5.58. The van der Waals surface area contributed by atoms with Gasteiger partial charge in [-0.05, 0) is 42.3 Å². The van der Waals surface area contributed by atoms with Crippen molar-refractivity contribution >= 4 is 11.4 Å². The predicted octanol–water partition coefficient (Wildman–Crippen LogP) is 4.08. The van der Waals surface area contributed by atoms with Gasteiger partial charge >= 0.3 is 6.18 Å². The summed E-state index contributed by atoms with van der Waals surface area (Å²) in [6.07, 6.45) is -3.98. The van der Waals surface area contributed by atoms with Crippen LogP contribution in [0.25, 0.3) is 0 Å². The van der Waals surface area contributed by atoms with Gasteiger partial charge in [-0.25, -0.2) is 4.39 Å². The van der Waals surface area contributed by atoms with Crippen LogP contribution in [0, 0.1) is 5.82 Å². The van der Waals surface area contributed by atoms with E-state index in [2.05, 4.69) is 5.32 Å². The Kier molecular flexibility index (Phi) is 4.35. The average molecular weight is 298 g/mol. The summed E-state index contributed by atoms with van der Waals surface area (Å²) in [6.45, 7) is 0.394. The molecule has 112 valence electrons. The fraction of sp³-hybridized carbons (Fsp3) is 0.200. The van der Waals surface area contributed by atoms with E-state index in [1.165, 1.54) is 24.3 Å². The smallest absolute Gasteiger partial charge is 0.398 e. The zero-order valence-corrected chi connectivity index (χ0v) is 11.0. The minimum Gasteiger partial charge on any atom is -0.398 e. The van der Waals surface area contributed by atoms with E-state index in [1.807, 2.05) is 0 Å². The molecule has 0 unspecified atom stereocenters. The molecule has 21 heavy (non-hydrogen) atoms. The third-order valence-electron chi connectivity index (χ3n) is 2.99. The highest BCUT2D eigenvalue weighted by atomic mass is 19.4. The van der Waals surface area contributed by atoms with E-state index in [4.69, 9.17) is 5.73 Å². The molecule has 2 aromatic carbocycles. The van der Waals surface area contributed by atoms with Crippen molar-refractivity contribution in [2.75, 3.05) is 17.6 Å². The summed E-state index contributed by atoms with van der Waals surface area (Å²) in [5, 5.41) is 2.87. The average Bonchev–Trinajstić information content (AvgIpc) is 2.39. The number of anilines is 2. The molecule has 0 heterocycles. The Hall–Kier alpha value is -2.24. The molecule has 0 saturated heterocycles. The van der Waals surface area contributed by atoms with E-state index in [9.17, 15) is 17.6 Å². The van der Waals surface area contributed by atoms with E-state index in [-0.39, 0.29) is 11.5 Å². The SMILES string of the molecule is Nc1ccc(NCCc2cccc(F)c2)cc1C(F)(F)F. The van der Waals surface area contributed by atoms with Crippen molar-refractivity contribution in [2.45, 2.75) is 12.6 Å². The second-order valence-electron chi connectivity index (χ2n) is 4.61. The molecule has 0 radical (unpaired) electrons. The Morgan fingerprint density at radius 2 is 1.81 bits per heavy atom. The van der Waals surface area contributed by atoms with Crippen LogP contribution in [0.2, 0.25) is 0 Å². The van der Waals surface area contributed by atoms with Gasteiger partial charge in [0.2, 0.25) is 0 Å². The van der Waals surface area contributed by atoms with Gasteiger partial charge in [0.1, 0.15) is 5.82 Å². The van der Waals surface area contributed by atoms with Gasteiger partial charge in [-0.3, -0.25) is 0 Å².